The monoisotopic (exact) mass is 226 g/mol. The molecule has 0 atom stereocenters. The number of amides is 1. The van der Waals surface area contributed by atoms with Gasteiger partial charge in [-0.25, -0.2) is 0 Å². The van der Waals surface area contributed by atoms with E-state index >= 15 is 0 Å². The molecule has 0 heterocycles. The summed E-state index contributed by atoms with van der Waals surface area (Å²) in [5.74, 6) is 1.05. The quantitative estimate of drug-likeness (QED) is 0.753. The molecule has 0 bridgehead atoms. The van der Waals surface area contributed by atoms with E-state index in [2.05, 4.69) is 17.6 Å². The molecule has 1 amide bonds. The van der Waals surface area contributed by atoms with Gasteiger partial charge < -0.3 is 10.6 Å². The highest BCUT2D eigenvalue weighted by molar-refractivity contribution is 5.76. The van der Waals surface area contributed by atoms with Crippen LogP contribution in [-0.2, 0) is 4.79 Å². The van der Waals surface area contributed by atoms with Crippen molar-refractivity contribution < 1.29 is 4.79 Å². The maximum Gasteiger partial charge on any atom is 0.221 e. The zero-order chi connectivity index (χ0) is 12.0. The van der Waals surface area contributed by atoms with Crippen molar-refractivity contribution in [2.45, 2.75) is 65.0 Å². The number of nitrogens with one attached hydrogen (secondary N) is 2. The largest absolute Gasteiger partial charge is 0.354 e. The molecular weight excluding hydrogens is 200 g/mol. The molecule has 2 N–H and O–H groups in total. The maximum atomic E-state index is 11.4. The molecule has 0 unspecified atom stereocenters. The minimum atomic E-state index is 0.159. The third kappa shape index (κ3) is 5.50. The standard InChI is InChI=1S/C13H26N2O/c1-10(2)15-13(16)8-9-14-12-6-4-11(3)5-7-12/h10-12,14H,4-9H2,1-3H3,(H,15,16). The first-order valence-corrected chi connectivity index (χ1v) is 6.60. The first kappa shape index (κ1) is 13.5. The van der Waals surface area contributed by atoms with Crippen molar-refractivity contribution in [2.75, 3.05) is 6.54 Å². The lowest BCUT2D eigenvalue weighted by molar-refractivity contribution is -0.121. The van der Waals surface area contributed by atoms with Crippen molar-refractivity contribution in [3.63, 3.8) is 0 Å². The van der Waals surface area contributed by atoms with Crippen molar-refractivity contribution in [1.82, 2.24) is 10.6 Å². The van der Waals surface area contributed by atoms with Gasteiger partial charge in [-0.15, -0.1) is 0 Å². The summed E-state index contributed by atoms with van der Waals surface area (Å²) in [4.78, 5) is 11.4. The van der Waals surface area contributed by atoms with Crippen molar-refractivity contribution in [3.05, 3.63) is 0 Å². The third-order valence-electron chi connectivity index (χ3n) is 3.25. The lowest BCUT2D eigenvalue weighted by atomic mass is 9.87. The molecule has 1 fully saturated rings. The van der Waals surface area contributed by atoms with E-state index in [1.807, 2.05) is 13.8 Å². The Balaban J connectivity index is 2.04. The predicted molar refractivity (Wildman–Crippen MR) is 67.3 cm³/mol. The van der Waals surface area contributed by atoms with Gasteiger partial charge in [-0.05, 0) is 45.4 Å². The summed E-state index contributed by atoms with van der Waals surface area (Å²) in [7, 11) is 0. The Kier molecular flexibility index (Phi) is 5.81. The fourth-order valence-electron chi connectivity index (χ4n) is 2.25. The Bertz CT molecular complexity index is 208. The van der Waals surface area contributed by atoms with Gasteiger partial charge in [0.2, 0.25) is 5.91 Å². The average molecular weight is 226 g/mol. The predicted octanol–water partition coefficient (Wildman–Crippen LogP) is 2.07. The Morgan fingerprint density at radius 3 is 2.44 bits per heavy atom. The van der Waals surface area contributed by atoms with Gasteiger partial charge in [0.15, 0.2) is 0 Å². The van der Waals surface area contributed by atoms with Crippen LogP contribution in [0.3, 0.4) is 0 Å². The minimum absolute atomic E-state index is 0.159. The summed E-state index contributed by atoms with van der Waals surface area (Å²) >= 11 is 0. The fraction of sp³-hybridized carbons (Fsp3) is 0.923. The van der Waals surface area contributed by atoms with Gasteiger partial charge in [-0.2, -0.15) is 0 Å². The van der Waals surface area contributed by atoms with Crippen LogP contribution in [0.2, 0.25) is 0 Å². The summed E-state index contributed by atoms with van der Waals surface area (Å²) in [6.45, 7) is 7.13. The maximum absolute atomic E-state index is 11.4. The molecule has 16 heavy (non-hydrogen) atoms. The summed E-state index contributed by atoms with van der Waals surface area (Å²) in [5.41, 5.74) is 0. The molecule has 0 aromatic carbocycles. The first-order chi connectivity index (χ1) is 7.58. The highest BCUT2D eigenvalue weighted by Crippen LogP contribution is 2.23. The van der Waals surface area contributed by atoms with E-state index in [4.69, 9.17) is 0 Å². The van der Waals surface area contributed by atoms with E-state index in [9.17, 15) is 4.79 Å². The normalized spacial score (nSPS) is 25.8. The average Bonchev–Trinajstić information content (AvgIpc) is 2.20. The molecule has 0 aromatic heterocycles. The van der Waals surface area contributed by atoms with Gasteiger partial charge in [-0.1, -0.05) is 6.92 Å². The molecule has 3 nitrogen and oxygen atoms in total. The van der Waals surface area contributed by atoms with Crippen molar-refractivity contribution in [3.8, 4) is 0 Å². The van der Waals surface area contributed by atoms with Crippen LogP contribution in [0.25, 0.3) is 0 Å². The third-order valence-corrected chi connectivity index (χ3v) is 3.25. The van der Waals surface area contributed by atoms with Crippen LogP contribution >= 0.6 is 0 Å². The van der Waals surface area contributed by atoms with Gasteiger partial charge in [0, 0.05) is 25.0 Å². The zero-order valence-electron chi connectivity index (χ0n) is 10.9. The summed E-state index contributed by atoms with van der Waals surface area (Å²) in [5, 5.41) is 6.39. The van der Waals surface area contributed by atoms with Gasteiger partial charge in [-0.3, -0.25) is 4.79 Å². The summed E-state index contributed by atoms with van der Waals surface area (Å²) < 4.78 is 0. The van der Waals surface area contributed by atoms with E-state index in [0.717, 1.165) is 12.5 Å². The van der Waals surface area contributed by atoms with Gasteiger partial charge in [0.05, 0.1) is 0 Å². The zero-order valence-corrected chi connectivity index (χ0v) is 10.9. The number of carbonyl (C=O) groups is 1. The second-order valence-corrected chi connectivity index (χ2v) is 5.38. The molecule has 0 aliphatic heterocycles. The molecule has 1 aliphatic rings. The highest BCUT2D eigenvalue weighted by atomic mass is 16.1. The van der Waals surface area contributed by atoms with E-state index < -0.39 is 0 Å². The molecule has 0 aromatic rings. The van der Waals surface area contributed by atoms with Crippen molar-refractivity contribution >= 4 is 5.91 Å². The van der Waals surface area contributed by atoms with E-state index in [1.54, 1.807) is 0 Å². The van der Waals surface area contributed by atoms with E-state index in [-0.39, 0.29) is 11.9 Å². The van der Waals surface area contributed by atoms with Crippen LogP contribution in [0.15, 0.2) is 0 Å². The van der Waals surface area contributed by atoms with Crippen molar-refractivity contribution in [1.29, 1.82) is 0 Å². The number of hydrogen-bond acceptors (Lipinski definition) is 2. The molecule has 0 spiro atoms. The second-order valence-electron chi connectivity index (χ2n) is 5.38. The topological polar surface area (TPSA) is 41.1 Å². The van der Waals surface area contributed by atoms with Gasteiger partial charge in [0.25, 0.3) is 0 Å². The van der Waals surface area contributed by atoms with E-state index in [0.29, 0.717) is 12.5 Å². The molecule has 0 saturated heterocycles. The van der Waals surface area contributed by atoms with Gasteiger partial charge >= 0.3 is 0 Å². The van der Waals surface area contributed by atoms with Crippen LogP contribution in [0, 0.1) is 5.92 Å². The van der Waals surface area contributed by atoms with E-state index in [1.165, 1.54) is 25.7 Å². The molecule has 0 radical (unpaired) electrons. The summed E-state index contributed by atoms with van der Waals surface area (Å²) in [6.07, 6.45) is 5.80. The summed E-state index contributed by atoms with van der Waals surface area (Å²) in [6, 6.07) is 0.895. The lowest BCUT2D eigenvalue weighted by Crippen LogP contribution is -2.37. The molecule has 1 rings (SSSR count). The highest BCUT2D eigenvalue weighted by Gasteiger charge is 2.17. The lowest BCUT2D eigenvalue weighted by Gasteiger charge is -2.27. The van der Waals surface area contributed by atoms with Crippen LogP contribution in [0.5, 0.6) is 0 Å². The first-order valence-electron chi connectivity index (χ1n) is 6.60. The van der Waals surface area contributed by atoms with Crippen LogP contribution in [-0.4, -0.2) is 24.5 Å². The Labute approximate surface area is 99.4 Å². The number of carbonyl (C=O) groups excluding carboxylic acids is 1. The fourth-order valence-corrected chi connectivity index (χ4v) is 2.25. The Morgan fingerprint density at radius 1 is 1.25 bits per heavy atom. The Hall–Kier alpha value is -0.570. The van der Waals surface area contributed by atoms with Crippen LogP contribution < -0.4 is 10.6 Å². The molecule has 1 saturated carbocycles. The molecular formula is C13H26N2O. The number of hydrogen-bond donors (Lipinski definition) is 2. The minimum Gasteiger partial charge on any atom is -0.354 e. The molecule has 94 valence electrons. The van der Waals surface area contributed by atoms with Crippen LogP contribution in [0.1, 0.15) is 52.9 Å². The smallest absolute Gasteiger partial charge is 0.221 e. The Morgan fingerprint density at radius 2 is 1.88 bits per heavy atom. The molecule has 3 heteroatoms. The SMILES string of the molecule is CC1CCC(NCCC(=O)NC(C)C)CC1. The number of rotatable bonds is 5. The molecule has 1 aliphatic carbocycles. The van der Waals surface area contributed by atoms with Crippen LogP contribution in [0.4, 0.5) is 0 Å². The second kappa shape index (κ2) is 6.89. The van der Waals surface area contributed by atoms with Gasteiger partial charge in [0.1, 0.15) is 0 Å². The van der Waals surface area contributed by atoms with Crippen molar-refractivity contribution in [2.24, 2.45) is 5.92 Å².